The van der Waals surface area contributed by atoms with E-state index in [1.165, 1.54) is 5.56 Å². The summed E-state index contributed by atoms with van der Waals surface area (Å²) < 4.78 is 23.8. The van der Waals surface area contributed by atoms with Crippen molar-refractivity contribution in [1.29, 1.82) is 0 Å². The predicted molar refractivity (Wildman–Crippen MR) is 103 cm³/mol. The molecule has 2 N–H and O–H groups in total. The second-order valence-electron chi connectivity index (χ2n) is 6.83. The van der Waals surface area contributed by atoms with E-state index in [9.17, 15) is 13.5 Å². The Morgan fingerprint density at radius 1 is 0.962 bits per heavy atom. The van der Waals surface area contributed by atoms with Gasteiger partial charge in [0.25, 0.3) is 0 Å². The van der Waals surface area contributed by atoms with Crippen LogP contribution in [-0.4, -0.2) is 55.2 Å². The Bertz CT molecular complexity index is 781. The molecule has 2 aromatic carbocycles. The molecule has 0 radical (unpaired) electrons. The maximum atomic E-state index is 11.9. The van der Waals surface area contributed by atoms with Crippen LogP contribution in [0.1, 0.15) is 11.1 Å². The van der Waals surface area contributed by atoms with Crippen LogP contribution >= 0.6 is 0 Å². The number of aliphatic hydroxyl groups excluding tert-OH is 1. The van der Waals surface area contributed by atoms with Gasteiger partial charge in [0.05, 0.1) is 23.7 Å². The van der Waals surface area contributed by atoms with Crippen LogP contribution in [-0.2, 0) is 22.9 Å². The first-order valence-electron chi connectivity index (χ1n) is 8.94. The molecular formula is C20H26N2O3S. The summed E-state index contributed by atoms with van der Waals surface area (Å²) in [6, 6.07) is 19.8. The van der Waals surface area contributed by atoms with Gasteiger partial charge in [-0.15, -0.1) is 0 Å². The fourth-order valence-electron chi connectivity index (χ4n) is 3.39. The third kappa shape index (κ3) is 5.38. The molecule has 1 saturated heterocycles. The van der Waals surface area contributed by atoms with Crippen LogP contribution in [0, 0.1) is 0 Å². The first kappa shape index (κ1) is 19.0. The fraction of sp³-hybridized carbons (Fsp3) is 0.400. The molecule has 0 amide bonds. The SMILES string of the molecule is O=S1(=O)C[C@@H](O)[C@@H](N(CCNCc2ccccc2)Cc2ccccc2)C1. The number of benzene rings is 2. The van der Waals surface area contributed by atoms with Gasteiger partial charge in [0.15, 0.2) is 9.84 Å². The van der Waals surface area contributed by atoms with Crippen molar-refractivity contribution in [2.75, 3.05) is 24.6 Å². The van der Waals surface area contributed by atoms with E-state index in [-0.39, 0.29) is 17.5 Å². The summed E-state index contributed by atoms with van der Waals surface area (Å²) in [4.78, 5) is 2.09. The number of rotatable bonds is 8. The number of sulfone groups is 1. The zero-order valence-electron chi connectivity index (χ0n) is 14.8. The minimum atomic E-state index is -3.17. The Morgan fingerprint density at radius 2 is 1.58 bits per heavy atom. The summed E-state index contributed by atoms with van der Waals surface area (Å²) in [6.07, 6.45) is -0.821. The number of nitrogens with one attached hydrogen (secondary N) is 1. The smallest absolute Gasteiger partial charge is 0.154 e. The van der Waals surface area contributed by atoms with Crippen molar-refractivity contribution >= 4 is 9.84 Å². The van der Waals surface area contributed by atoms with Crippen molar-refractivity contribution < 1.29 is 13.5 Å². The molecule has 6 heteroatoms. The van der Waals surface area contributed by atoms with Gasteiger partial charge in [-0.25, -0.2) is 8.42 Å². The number of hydrogen-bond acceptors (Lipinski definition) is 5. The highest BCUT2D eigenvalue weighted by atomic mass is 32.2. The predicted octanol–water partition coefficient (Wildman–Crippen LogP) is 1.44. The Balaban J connectivity index is 1.61. The maximum Gasteiger partial charge on any atom is 0.154 e. The molecule has 0 bridgehead atoms. The standard InChI is InChI=1S/C20H26N2O3S/c23-20-16-26(24,25)15-19(20)22(14-18-9-5-2-6-10-18)12-11-21-13-17-7-3-1-4-8-17/h1-10,19-21,23H,11-16H2/t19-,20+/m0/s1. The Morgan fingerprint density at radius 3 is 2.15 bits per heavy atom. The van der Waals surface area contributed by atoms with E-state index in [1.807, 2.05) is 48.5 Å². The van der Waals surface area contributed by atoms with Crippen LogP contribution < -0.4 is 5.32 Å². The molecule has 0 aliphatic carbocycles. The molecule has 140 valence electrons. The van der Waals surface area contributed by atoms with Crippen LogP contribution in [0.3, 0.4) is 0 Å². The van der Waals surface area contributed by atoms with Crippen LogP contribution in [0.5, 0.6) is 0 Å². The number of nitrogens with zero attached hydrogens (tertiary/aromatic N) is 1. The Kier molecular flexibility index (Phi) is 6.43. The molecular weight excluding hydrogens is 348 g/mol. The van der Waals surface area contributed by atoms with Crippen LogP contribution in [0.25, 0.3) is 0 Å². The third-order valence-electron chi connectivity index (χ3n) is 4.74. The lowest BCUT2D eigenvalue weighted by Gasteiger charge is -2.30. The van der Waals surface area contributed by atoms with Gasteiger partial charge >= 0.3 is 0 Å². The maximum absolute atomic E-state index is 11.9. The van der Waals surface area contributed by atoms with Gasteiger partial charge in [0, 0.05) is 26.2 Å². The van der Waals surface area contributed by atoms with Gasteiger partial charge in [-0.2, -0.15) is 0 Å². The molecule has 26 heavy (non-hydrogen) atoms. The van der Waals surface area contributed by atoms with E-state index >= 15 is 0 Å². The van der Waals surface area contributed by atoms with E-state index in [4.69, 9.17) is 0 Å². The van der Waals surface area contributed by atoms with Gasteiger partial charge in [0.2, 0.25) is 0 Å². The first-order chi connectivity index (χ1) is 12.5. The molecule has 3 rings (SSSR count). The third-order valence-corrected chi connectivity index (χ3v) is 6.44. The fourth-order valence-corrected chi connectivity index (χ4v) is 5.22. The Labute approximate surface area is 155 Å². The van der Waals surface area contributed by atoms with Gasteiger partial charge < -0.3 is 10.4 Å². The first-order valence-corrected chi connectivity index (χ1v) is 10.8. The molecule has 1 aliphatic rings. The lowest BCUT2D eigenvalue weighted by molar-refractivity contribution is 0.0786. The van der Waals surface area contributed by atoms with Crippen molar-refractivity contribution in [3.63, 3.8) is 0 Å². The highest BCUT2D eigenvalue weighted by molar-refractivity contribution is 7.91. The molecule has 1 fully saturated rings. The summed E-state index contributed by atoms with van der Waals surface area (Å²) in [6.45, 7) is 2.81. The van der Waals surface area contributed by atoms with E-state index in [0.717, 1.165) is 18.7 Å². The zero-order chi connectivity index (χ0) is 18.4. The molecule has 0 spiro atoms. The van der Waals surface area contributed by atoms with E-state index in [1.54, 1.807) is 0 Å². The van der Waals surface area contributed by atoms with Crippen molar-refractivity contribution in [3.05, 3.63) is 71.8 Å². The molecule has 2 atom stereocenters. The number of hydrogen-bond donors (Lipinski definition) is 2. The van der Waals surface area contributed by atoms with Gasteiger partial charge in [0.1, 0.15) is 0 Å². The second-order valence-corrected chi connectivity index (χ2v) is 8.98. The highest BCUT2D eigenvalue weighted by Crippen LogP contribution is 2.20. The molecule has 1 aliphatic heterocycles. The molecule has 1 heterocycles. The average Bonchev–Trinajstić information content (AvgIpc) is 2.92. The monoisotopic (exact) mass is 374 g/mol. The minimum Gasteiger partial charge on any atom is -0.390 e. The van der Waals surface area contributed by atoms with Crippen LogP contribution in [0.2, 0.25) is 0 Å². The Hall–Kier alpha value is -1.73. The van der Waals surface area contributed by atoms with Gasteiger partial charge in [-0.1, -0.05) is 60.7 Å². The number of aliphatic hydroxyl groups is 1. The highest BCUT2D eigenvalue weighted by Gasteiger charge is 2.39. The molecule has 0 aromatic heterocycles. The topological polar surface area (TPSA) is 69.6 Å². The summed E-state index contributed by atoms with van der Waals surface area (Å²) in [5, 5.41) is 13.7. The summed E-state index contributed by atoms with van der Waals surface area (Å²) in [5.41, 5.74) is 2.33. The van der Waals surface area contributed by atoms with Gasteiger partial charge in [-0.05, 0) is 11.1 Å². The minimum absolute atomic E-state index is 0.0275. The normalized spacial score (nSPS) is 21.9. The van der Waals surface area contributed by atoms with Gasteiger partial charge in [-0.3, -0.25) is 4.90 Å². The quantitative estimate of drug-likeness (QED) is 0.684. The van der Waals surface area contributed by atoms with Crippen molar-refractivity contribution in [1.82, 2.24) is 10.2 Å². The van der Waals surface area contributed by atoms with Crippen molar-refractivity contribution in [3.8, 4) is 0 Å². The molecule has 2 aromatic rings. The summed E-state index contributed by atoms with van der Waals surface area (Å²) in [7, 11) is -3.17. The zero-order valence-corrected chi connectivity index (χ0v) is 15.6. The summed E-state index contributed by atoms with van der Waals surface area (Å²) in [5.74, 6) is -0.111. The summed E-state index contributed by atoms with van der Waals surface area (Å²) >= 11 is 0. The van der Waals surface area contributed by atoms with E-state index in [0.29, 0.717) is 13.1 Å². The van der Waals surface area contributed by atoms with Crippen LogP contribution in [0.15, 0.2) is 60.7 Å². The lowest BCUT2D eigenvalue weighted by Crippen LogP contribution is -2.45. The largest absolute Gasteiger partial charge is 0.390 e. The van der Waals surface area contributed by atoms with Crippen molar-refractivity contribution in [2.24, 2.45) is 0 Å². The lowest BCUT2D eigenvalue weighted by atomic mass is 10.1. The molecule has 5 nitrogen and oxygen atoms in total. The molecule has 0 saturated carbocycles. The van der Waals surface area contributed by atoms with Crippen LogP contribution in [0.4, 0.5) is 0 Å². The van der Waals surface area contributed by atoms with E-state index < -0.39 is 15.9 Å². The second kappa shape index (κ2) is 8.77. The molecule has 0 unspecified atom stereocenters. The average molecular weight is 375 g/mol. The van der Waals surface area contributed by atoms with Crippen molar-refractivity contribution in [2.45, 2.75) is 25.2 Å². The van der Waals surface area contributed by atoms with E-state index in [2.05, 4.69) is 22.3 Å².